The van der Waals surface area contributed by atoms with E-state index in [0.29, 0.717) is 5.56 Å². The number of rotatable bonds is 1. The molecule has 0 unspecified atom stereocenters. The van der Waals surface area contributed by atoms with E-state index >= 15 is 0 Å². The molecule has 0 aliphatic rings. The SMILES string of the molecule is Cc1nc(-c2cc(C#N)ccn2)n(C)c1C. The first-order chi connectivity index (χ1) is 7.63. The minimum Gasteiger partial charge on any atom is -0.330 e. The van der Waals surface area contributed by atoms with Gasteiger partial charge in [0.05, 0.1) is 17.3 Å². The van der Waals surface area contributed by atoms with E-state index in [0.717, 1.165) is 22.9 Å². The third-order valence-electron chi connectivity index (χ3n) is 2.74. The largest absolute Gasteiger partial charge is 0.330 e. The van der Waals surface area contributed by atoms with Crippen LogP contribution in [0, 0.1) is 25.2 Å². The summed E-state index contributed by atoms with van der Waals surface area (Å²) in [7, 11) is 1.95. The van der Waals surface area contributed by atoms with Crippen LogP contribution >= 0.6 is 0 Å². The van der Waals surface area contributed by atoms with E-state index in [-0.39, 0.29) is 0 Å². The van der Waals surface area contributed by atoms with E-state index in [1.165, 1.54) is 0 Å². The molecular weight excluding hydrogens is 200 g/mol. The summed E-state index contributed by atoms with van der Waals surface area (Å²) in [6.45, 7) is 3.98. The minimum absolute atomic E-state index is 0.600. The summed E-state index contributed by atoms with van der Waals surface area (Å²) in [5, 5.41) is 8.83. The molecule has 0 N–H and O–H groups in total. The van der Waals surface area contributed by atoms with Gasteiger partial charge in [0.1, 0.15) is 5.69 Å². The van der Waals surface area contributed by atoms with Gasteiger partial charge in [0.2, 0.25) is 0 Å². The van der Waals surface area contributed by atoms with Crippen LogP contribution in [0.4, 0.5) is 0 Å². The van der Waals surface area contributed by atoms with Gasteiger partial charge in [-0.3, -0.25) is 4.98 Å². The minimum atomic E-state index is 0.600. The van der Waals surface area contributed by atoms with Crippen molar-refractivity contribution in [1.29, 1.82) is 5.26 Å². The molecule has 80 valence electrons. The van der Waals surface area contributed by atoms with Gasteiger partial charge in [-0.15, -0.1) is 0 Å². The van der Waals surface area contributed by atoms with Crippen molar-refractivity contribution >= 4 is 0 Å². The van der Waals surface area contributed by atoms with Crippen LogP contribution in [0.3, 0.4) is 0 Å². The molecule has 0 aliphatic carbocycles. The summed E-state index contributed by atoms with van der Waals surface area (Å²) in [6, 6.07) is 5.54. The Hall–Kier alpha value is -2.15. The molecule has 0 fully saturated rings. The number of aryl methyl sites for hydroxylation is 1. The molecule has 4 heteroatoms. The molecule has 0 aliphatic heterocycles. The van der Waals surface area contributed by atoms with Crippen LogP contribution in [0.5, 0.6) is 0 Å². The van der Waals surface area contributed by atoms with Crippen molar-refractivity contribution < 1.29 is 0 Å². The maximum Gasteiger partial charge on any atom is 0.158 e. The molecule has 4 nitrogen and oxygen atoms in total. The highest BCUT2D eigenvalue weighted by molar-refractivity contribution is 5.54. The van der Waals surface area contributed by atoms with Crippen LogP contribution in [-0.4, -0.2) is 14.5 Å². The van der Waals surface area contributed by atoms with Gasteiger partial charge in [-0.05, 0) is 26.0 Å². The average Bonchev–Trinajstić information content (AvgIpc) is 2.57. The van der Waals surface area contributed by atoms with Crippen LogP contribution in [0.1, 0.15) is 17.0 Å². The van der Waals surface area contributed by atoms with Gasteiger partial charge in [-0.2, -0.15) is 5.26 Å². The summed E-state index contributed by atoms with van der Waals surface area (Å²) in [6.07, 6.45) is 1.63. The Morgan fingerprint density at radius 1 is 1.38 bits per heavy atom. The van der Waals surface area contributed by atoms with E-state index in [1.54, 1.807) is 18.3 Å². The molecule has 0 bridgehead atoms. The summed E-state index contributed by atoms with van der Waals surface area (Å²) >= 11 is 0. The number of nitrogens with zero attached hydrogens (tertiary/aromatic N) is 4. The second-order valence-corrected chi connectivity index (χ2v) is 3.71. The number of imidazole rings is 1. The number of nitriles is 1. The Balaban J connectivity index is 2.59. The zero-order valence-electron chi connectivity index (χ0n) is 9.52. The third kappa shape index (κ3) is 1.57. The lowest BCUT2D eigenvalue weighted by molar-refractivity contribution is 0.876. The van der Waals surface area contributed by atoms with E-state index in [1.807, 2.05) is 25.5 Å². The lowest BCUT2D eigenvalue weighted by atomic mass is 10.2. The number of hydrogen-bond acceptors (Lipinski definition) is 3. The molecule has 0 radical (unpaired) electrons. The van der Waals surface area contributed by atoms with Crippen molar-refractivity contribution in [3.63, 3.8) is 0 Å². The molecule has 0 spiro atoms. The Bertz CT molecular complexity index is 575. The Morgan fingerprint density at radius 2 is 2.12 bits per heavy atom. The molecule has 0 saturated carbocycles. The molecule has 0 aromatic carbocycles. The fourth-order valence-electron chi connectivity index (χ4n) is 1.57. The van der Waals surface area contributed by atoms with Gasteiger partial charge in [-0.1, -0.05) is 0 Å². The predicted octanol–water partition coefficient (Wildman–Crippen LogP) is 1.97. The van der Waals surface area contributed by atoms with Gasteiger partial charge in [-0.25, -0.2) is 4.98 Å². The molecule has 2 aromatic rings. The lowest BCUT2D eigenvalue weighted by Crippen LogP contribution is -1.96. The van der Waals surface area contributed by atoms with Gasteiger partial charge in [0, 0.05) is 18.9 Å². The number of pyridine rings is 1. The molecule has 0 atom stereocenters. The van der Waals surface area contributed by atoms with Crippen molar-refractivity contribution in [3.8, 4) is 17.6 Å². The highest BCUT2D eigenvalue weighted by atomic mass is 15.1. The first kappa shape index (κ1) is 10.4. The van der Waals surface area contributed by atoms with Crippen molar-refractivity contribution in [1.82, 2.24) is 14.5 Å². The molecule has 2 heterocycles. The third-order valence-corrected chi connectivity index (χ3v) is 2.74. The summed E-state index contributed by atoms with van der Waals surface area (Å²) in [5.74, 6) is 0.798. The molecule has 2 rings (SSSR count). The van der Waals surface area contributed by atoms with Gasteiger partial charge < -0.3 is 4.57 Å². The van der Waals surface area contributed by atoms with E-state index in [4.69, 9.17) is 5.26 Å². The fraction of sp³-hybridized carbons (Fsp3) is 0.250. The second kappa shape index (κ2) is 3.78. The van der Waals surface area contributed by atoms with Crippen molar-refractivity contribution in [2.24, 2.45) is 7.05 Å². The second-order valence-electron chi connectivity index (χ2n) is 3.71. The van der Waals surface area contributed by atoms with Gasteiger partial charge in [0.25, 0.3) is 0 Å². The van der Waals surface area contributed by atoms with Crippen molar-refractivity contribution in [3.05, 3.63) is 35.3 Å². The Morgan fingerprint density at radius 3 is 2.69 bits per heavy atom. The van der Waals surface area contributed by atoms with E-state index < -0.39 is 0 Å². The molecule has 2 aromatic heterocycles. The van der Waals surface area contributed by atoms with E-state index in [2.05, 4.69) is 16.0 Å². The first-order valence-electron chi connectivity index (χ1n) is 5.00. The van der Waals surface area contributed by atoms with Crippen molar-refractivity contribution in [2.75, 3.05) is 0 Å². The standard InChI is InChI=1S/C12H12N4/c1-8-9(2)16(3)12(15-8)11-6-10(7-13)4-5-14-11/h4-6H,1-3H3. The van der Waals surface area contributed by atoms with Gasteiger partial charge >= 0.3 is 0 Å². The zero-order valence-corrected chi connectivity index (χ0v) is 9.52. The highest BCUT2D eigenvalue weighted by Crippen LogP contribution is 2.19. The first-order valence-corrected chi connectivity index (χ1v) is 5.00. The predicted molar refractivity (Wildman–Crippen MR) is 60.6 cm³/mol. The molecular formula is C12H12N4. The van der Waals surface area contributed by atoms with Crippen LogP contribution in [-0.2, 0) is 7.05 Å². The fourth-order valence-corrected chi connectivity index (χ4v) is 1.57. The molecule has 16 heavy (non-hydrogen) atoms. The van der Waals surface area contributed by atoms with Crippen molar-refractivity contribution in [2.45, 2.75) is 13.8 Å². The van der Waals surface area contributed by atoms with Gasteiger partial charge in [0.15, 0.2) is 5.82 Å². The summed E-state index contributed by atoms with van der Waals surface area (Å²) < 4.78 is 1.98. The normalized spacial score (nSPS) is 10.1. The lowest BCUT2D eigenvalue weighted by Gasteiger charge is -2.02. The Kier molecular flexibility index (Phi) is 2.45. The maximum atomic E-state index is 8.83. The Labute approximate surface area is 94.2 Å². The van der Waals surface area contributed by atoms with Crippen LogP contribution in [0.15, 0.2) is 18.3 Å². The monoisotopic (exact) mass is 212 g/mol. The molecule has 0 amide bonds. The molecule has 0 saturated heterocycles. The van der Waals surface area contributed by atoms with E-state index in [9.17, 15) is 0 Å². The average molecular weight is 212 g/mol. The zero-order chi connectivity index (χ0) is 11.7. The maximum absolute atomic E-state index is 8.83. The topological polar surface area (TPSA) is 54.5 Å². The quantitative estimate of drug-likeness (QED) is 0.726. The summed E-state index contributed by atoms with van der Waals surface area (Å²) in [4.78, 5) is 8.68. The number of hydrogen-bond donors (Lipinski definition) is 0. The summed E-state index contributed by atoms with van der Waals surface area (Å²) in [5.41, 5.74) is 3.43. The highest BCUT2D eigenvalue weighted by Gasteiger charge is 2.11. The van der Waals surface area contributed by atoms with Crippen LogP contribution in [0.25, 0.3) is 11.5 Å². The van der Waals surface area contributed by atoms with Crippen LogP contribution in [0.2, 0.25) is 0 Å². The van der Waals surface area contributed by atoms with Crippen LogP contribution < -0.4 is 0 Å². The number of aromatic nitrogens is 3. The smallest absolute Gasteiger partial charge is 0.158 e.